The molecule has 0 spiro atoms. The van der Waals surface area contributed by atoms with Crippen LogP contribution in [0.25, 0.3) is 0 Å². The summed E-state index contributed by atoms with van der Waals surface area (Å²) in [5.41, 5.74) is 6.49. The first-order chi connectivity index (χ1) is 11.7. The van der Waals surface area contributed by atoms with Gasteiger partial charge in [-0.05, 0) is 61.3 Å². The molecule has 0 radical (unpaired) electrons. The number of nitrogens with zero attached hydrogens (tertiary/aromatic N) is 2. The van der Waals surface area contributed by atoms with Gasteiger partial charge in [-0.25, -0.2) is 0 Å². The maximum Gasteiger partial charge on any atom is 0.227 e. The van der Waals surface area contributed by atoms with E-state index in [1.807, 2.05) is 11.1 Å². The van der Waals surface area contributed by atoms with Crippen LogP contribution >= 0.6 is 0 Å². The third kappa shape index (κ3) is 2.97. The number of piperidine rings is 1. The van der Waals surface area contributed by atoms with Gasteiger partial charge in [-0.1, -0.05) is 18.2 Å². The second-order valence-electron chi connectivity index (χ2n) is 7.28. The van der Waals surface area contributed by atoms with Gasteiger partial charge in [-0.3, -0.25) is 9.89 Å². The van der Waals surface area contributed by atoms with Crippen molar-refractivity contribution in [3.8, 4) is 0 Å². The van der Waals surface area contributed by atoms with Gasteiger partial charge in [-0.2, -0.15) is 5.10 Å². The van der Waals surface area contributed by atoms with Crippen molar-refractivity contribution in [1.29, 1.82) is 0 Å². The first kappa shape index (κ1) is 15.4. The molecule has 4 nitrogen and oxygen atoms in total. The minimum Gasteiger partial charge on any atom is -0.342 e. The van der Waals surface area contributed by atoms with Gasteiger partial charge in [0.15, 0.2) is 0 Å². The van der Waals surface area contributed by atoms with Gasteiger partial charge in [0.2, 0.25) is 5.91 Å². The van der Waals surface area contributed by atoms with Crippen LogP contribution in [0.4, 0.5) is 0 Å². The summed E-state index contributed by atoms with van der Waals surface area (Å²) in [6.07, 6.45) is 8.22. The molecular weight excluding hydrogens is 298 g/mol. The van der Waals surface area contributed by atoms with E-state index in [1.165, 1.54) is 47.2 Å². The molecule has 0 bridgehead atoms. The first-order valence-electron chi connectivity index (χ1n) is 9.09. The van der Waals surface area contributed by atoms with Gasteiger partial charge in [-0.15, -0.1) is 0 Å². The molecule has 0 saturated carbocycles. The summed E-state index contributed by atoms with van der Waals surface area (Å²) >= 11 is 0. The lowest BCUT2D eigenvalue weighted by molar-refractivity contribution is -0.131. The van der Waals surface area contributed by atoms with Gasteiger partial charge < -0.3 is 4.90 Å². The summed E-state index contributed by atoms with van der Waals surface area (Å²) in [6, 6.07) is 6.61. The number of rotatable bonds is 3. The Bertz CT molecular complexity index is 749. The first-order valence-corrected chi connectivity index (χ1v) is 9.09. The predicted octanol–water partition coefficient (Wildman–Crippen LogP) is 3.16. The highest BCUT2D eigenvalue weighted by molar-refractivity contribution is 5.79. The van der Waals surface area contributed by atoms with Gasteiger partial charge >= 0.3 is 0 Å². The SMILES string of the molecule is Cc1cn[nH]c1C1CCCN(C(=O)Cc2ccc3c(c2)CCC3)C1. The number of aromatic amines is 1. The predicted molar refractivity (Wildman–Crippen MR) is 94.1 cm³/mol. The fraction of sp³-hybridized carbons (Fsp3) is 0.500. The zero-order valence-electron chi connectivity index (χ0n) is 14.3. The highest BCUT2D eigenvalue weighted by Gasteiger charge is 2.26. The molecule has 126 valence electrons. The number of H-pyrrole nitrogens is 1. The van der Waals surface area contributed by atoms with Crippen molar-refractivity contribution >= 4 is 5.91 Å². The number of aromatic nitrogens is 2. The van der Waals surface area contributed by atoms with E-state index in [9.17, 15) is 4.79 Å². The van der Waals surface area contributed by atoms with E-state index in [2.05, 4.69) is 35.3 Å². The summed E-state index contributed by atoms with van der Waals surface area (Å²) in [5.74, 6) is 0.653. The van der Waals surface area contributed by atoms with Crippen molar-refractivity contribution in [2.45, 2.75) is 51.4 Å². The van der Waals surface area contributed by atoms with E-state index >= 15 is 0 Å². The Morgan fingerprint density at radius 3 is 3.00 bits per heavy atom. The number of carbonyl (C=O) groups excluding carboxylic acids is 1. The molecule has 1 aromatic heterocycles. The topological polar surface area (TPSA) is 49.0 Å². The standard InChI is InChI=1S/C20H25N3O/c1-14-12-21-22-20(14)18-6-3-9-23(13-18)19(24)11-15-7-8-16-4-2-5-17(16)10-15/h7-8,10,12,18H,2-6,9,11,13H2,1H3,(H,21,22). The fourth-order valence-electron chi connectivity index (χ4n) is 4.23. The maximum atomic E-state index is 12.8. The largest absolute Gasteiger partial charge is 0.342 e. The number of fused-ring (bicyclic) bond motifs is 1. The quantitative estimate of drug-likeness (QED) is 0.943. The Balaban J connectivity index is 1.43. The maximum absolute atomic E-state index is 12.8. The minimum atomic E-state index is 0.259. The van der Waals surface area contributed by atoms with E-state index in [4.69, 9.17) is 0 Å². The second-order valence-corrected chi connectivity index (χ2v) is 7.28. The third-order valence-corrected chi connectivity index (χ3v) is 5.57. The van der Waals surface area contributed by atoms with Crippen LogP contribution in [0.15, 0.2) is 24.4 Å². The molecular formula is C20H25N3O. The van der Waals surface area contributed by atoms with E-state index in [-0.39, 0.29) is 5.91 Å². The number of amides is 1. The van der Waals surface area contributed by atoms with Crippen LogP contribution in [0.1, 0.15) is 53.1 Å². The van der Waals surface area contributed by atoms with Crippen LogP contribution in [0.5, 0.6) is 0 Å². The van der Waals surface area contributed by atoms with Gasteiger partial charge in [0.1, 0.15) is 0 Å². The monoisotopic (exact) mass is 323 g/mol. The number of carbonyl (C=O) groups is 1. The molecule has 1 amide bonds. The van der Waals surface area contributed by atoms with E-state index in [0.29, 0.717) is 12.3 Å². The molecule has 1 aromatic carbocycles. The van der Waals surface area contributed by atoms with Crippen LogP contribution in [0.3, 0.4) is 0 Å². The molecule has 1 fully saturated rings. The van der Waals surface area contributed by atoms with Crippen LogP contribution in [-0.4, -0.2) is 34.1 Å². The number of nitrogens with one attached hydrogen (secondary N) is 1. The molecule has 4 rings (SSSR count). The lowest BCUT2D eigenvalue weighted by atomic mass is 9.92. The molecule has 1 saturated heterocycles. The summed E-state index contributed by atoms with van der Waals surface area (Å²) in [5, 5.41) is 7.26. The molecule has 2 aliphatic rings. The highest BCUT2D eigenvalue weighted by Crippen LogP contribution is 2.28. The van der Waals surface area contributed by atoms with Crippen LogP contribution < -0.4 is 0 Å². The molecule has 1 aliphatic heterocycles. The Labute approximate surface area is 143 Å². The smallest absolute Gasteiger partial charge is 0.227 e. The van der Waals surface area contributed by atoms with Gasteiger partial charge in [0.25, 0.3) is 0 Å². The number of hydrogen-bond acceptors (Lipinski definition) is 2. The van der Waals surface area contributed by atoms with Crippen LogP contribution in [-0.2, 0) is 24.1 Å². The Hall–Kier alpha value is -2.10. The van der Waals surface area contributed by atoms with Crippen LogP contribution in [0, 0.1) is 6.92 Å². The molecule has 1 atom stereocenters. The number of benzene rings is 1. The molecule has 4 heteroatoms. The Morgan fingerprint density at radius 2 is 2.17 bits per heavy atom. The zero-order chi connectivity index (χ0) is 16.5. The second kappa shape index (κ2) is 6.42. The molecule has 2 heterocycles. The zero-order valence-corrected chi connectivity index (χ0v) is 14.3. The van der Waals surface area contributed by atoms with Crippen molar-refractivity contribution in [3.05, 3.63) is 52.3 Å². The fourth-order valence-corrected chi connectivity index (χ4v) is 4.23. The lowest BCUT2D eigenvalue weighted by Crippen LogP contribution is -2.40. The highest BCUT2D eigenvalue weighted by atomic mass is 16.2. The van der Waals surface area contributed by atoms with Gasteiger partial charge in [0, 0.05) is 24.7 Å². The number of likely N-dealkylation sites (tertiary alicyclic amines) is 1. The summed E-state index contributed by atoms with van der Waals surface area (Å²) in [4.78, 5) is 14.8. The molecule has 1 unspecified atom stereocenters. The molecule has 2 aromatic rings. The van der Waals surface area contributed by atoms with Gasteiger partial charge in [0.05, 0.1) is 12.6 Å². The average molecular weight is 323 g/mol. The van der Waals surface area contributed by atoms with Crippen molar-refractivity contribution in [2.24, 2.45) is 0 Å². The molecule has 1 N–H and O–H groups in total. The molecule has 1 aliphatic carbocycles. The molecule has 24 heavy (non-hydrogen) atoms. The lowest BCUT2D eigenvalue weighted by Gasteiger charge is -2.32. The summed E-state index contributed by atoms with van der Waals surface area (Å²) in [6.45, 7) is 3.78. The van der Waals surface area contributed by atoms with Crippen molar-refractivity contribution in [3.63, 3.8) is 0 Å². The van der Waals surface area contributed by atoms with Crippen LogP contribution in [0.2, 0.25) is 0 Å². The van der Waals surface area contributed by atoms with Crippen molar-refractivity contribution in [1.82, 2.24) is 15.1 Å². The summed E-state index contributed by atoms with van der Waals surface area (Å²) < 4.78 is 0. The van der Waals surface area contributed by atoms with Crippen molar-refractivity contribution in [2.75, 3.05) is 13.1 Å². The Morgan fingerprint density at radius 1 is 1.29 bits per heavy atom. The van der Waals surface area contributed by atoms with Crippen molar-refractivity contribution < 1.29 is 4.79 Å². The number of aryl methyl sites for hydroxylation is 3. The Kier molecular flexibility index (Phi) is 4.13. The van der Waals surface area contributed by atoms with E-state index < -0.39 is 0 Å². The van der Waals surface area contributed by atoms with E-state index in [1.54, 1.807) is 0 Å². The summed E-state index contributed by atoms with van der Waals surface area (Å²) in [7, 11) is 0. The number of hydrogen-bond donors (Lipinski definition) is 1. The third-order valence-electron chi connectivity index (χ3n) is 5.57. The average Bonchev–Trinajstić information content (AvgIpc) is 3.23. The normalized spacial score (nSPS) is 20.2. The van der Waals surface area contributed by atoms with E-state index in [0.717, 1.165) is 25.9 Å². The minimum absolute atomic E-state index is 0.259.